The molecule has 1 fully saturated rings. The number of hydrogen-bond donors (Lipinski definition) is 1. The number of aromatic nitrogens is 1. The lowest BCUT2D eigenvalue weighted by Gasteiger charge is -2.37. The molecule has 1 N–H and O–H groups in total. The maximum absolute atomic E-state index is 12.6. The molecule has 1 saturated heterocycles. The first kappa shape index (κ1) is 16.7. The van der Waals surface area contributed by atoms with E-state index in [0.29, 0.717) is 12.6 Å². The van der Waals surface area contributed by atoms with Gasteiger partial charge in [-0.05, 0) is 19.1 Å². The second-order valence-electron chi connectivity index (χ2n) is 6.14. The molecule has 2 amide bonds. The van der Waals surface area contributed by atoms with Crippen LogP contribution in [0.25, 0.3) is 10.9 Å². The Morgan fingerprint density at radius 3 is 2.75 bits per heavy atom. The van der Waals surface area contributed by atoms with Crippen molar-refractivity contribution in [3.05, 3.63) is 36.5 Å². The van der Waals surface area contributed by atoms with E-state index in [1.54, 1.807) is 13.3 Å². The van der Waals surface area contributed by atoms with E-state index < -0.39 is 0 Å². The lowest BCUT2D eigenvalue weighted by Crippen LogP contribution is -2.53. The summed E-state index contributed by atoms with van der Waals surface area (Å²) in [7, 11) is 1.72. The lowest BCUT2D eigenvalue weighted by atomic mass is 10.2. The molecule has 6 nitrogen and oxygen atoms in total. The van der Waals surface area contributed by atoms with Gasteiger partial charge in [-0.1, -0.05) is 18.2 Å². The van der Waals surface area contributed by atoms with Gasteiger partial charge in [-0.25, -0.2) is 4.79 Å². The molecule has 24 heavy (non-hydrogen) atoms. The molecule has 2 aromatic rings. The van der Waals surface area contributed by atoms with Crippen LogP contribution < -0.4 is 5.32 Å². The summed E-state index contributed by atoms with van der Waals surface area (Å²) in [5, 5.41) is 4.03. The van der Waals surface area contributed by atoms with Gasteiger partial charge in [0.15, 0.2) is 0 Å². The molecule has 0 spiro atoms. The second-order valence-corrected chi connectivity index (χ2v) is 6.14. The fraction of sp³-hybridized carbons (Fsp3) is 0.444. The summed E-state index contributed by atoms with van der Waals surface area (Å²) in [6, 6.07) is 10.0. The minimum atomic E-state index is -0.0628. The van der Waals surface area contributed by atoms with E-state index in [4.69, 9.17) is 4.74 Å². The SMILES string of the molecule is COC[C@H](C)N1CCN(C(=O)Nc2cccc3cccnc23)CC1. The third-order valence-corrected chi connectivity index (χ3v) is 4.51. The monoisotopic (exact) mass is 328 g/mol. The van der Waals surface area contributed by atoms with Gasteiger partial charge in [0, 0.05) is 50.9 Å². The summed E-state index contributed by atoms with van der Waals surface area (Å²) in [5.41, 5.74) is 1.58. The van der Waals surface area contributed by atoms with Crippen LogP contribution in [0.1, 0.15) is 6.92 Å². The van der Waals surface area contributed by atoms with Gasteiger partial charge in [-0.3, -0.25) is 9.88 Å². The minimum absolute atomic E-state index is 0.0628. The standard InChI is InChI=1S/C18H24N4O2/c1-14(13-24-2)21-9-11-22(12-10-21)18(23)20-16-7-3-5-15-6-4-8-19-17(15)16/h3-8,14H,9-13H2,1-2H3,(H,20,23)/t14-/m0/s1. The average molecular weight is 328 g/mol. The van der Waals surface area contributed by atoms with Gasteiger partial charge in [0.25, 0.3) is 0 Å². The number of benzene rings is 1. The molecule has 0 saturated carbocycles. The van der Waals surface area contributed by atoms with Crippen LogP contribution in [0.4, 0.5) is 10.5 Å². The molecule has 0 radical (unpaired) electrons. The van der Waals surface area contributed by atoms with E-state index in [-0.39, 0.29) is 6.03 Å². The molecule has 128 valence electrons. The summed E-state index contributed by atoms with van der Waals surface area (Å²) in [6.45, 7) is 6.04. The molecule has 2 heterocycles. The quantitative estimate of drug-likeness (QED) is 0.936. The zero-order chi connectivity index (χ0) is 16.9. The summed E-state index contributed by atoms with van der Waals surface area (Å²) in [4.78, 5) is 21.1. The predicted molar refractivity (Wildman–Crippen MR) is 95.2 cm³/mol. The third kappa shape index (κ3) is 3.66. The molecule has 1 atom stereocenters. The Kier molecular flexibility index (Phi) is 5.27. The van der Waals surface area contributed by atoms with Crippen LogP contribution in [0.15, 0.2) is 36.5 Å². The Bertz CT molecular complexity index is 693. The lowest BCUT2D eigenvalue weighted by molar-refractivity contribution is 0.0680. The number of ether oxygens (including phenoxy) is 1. The zero-order valence-corrected chi connectivity index (χ0v) is 14.2. The number of amides is 2. The highest BCUT2D eigenvalue weighted by molar-refractivity contribution is 5.99. The van der Waals surface area contributed by atoms with Crippen molar-refractivity contribution in [2.24, 2.45) is 0 Å². The van der Waals surface area contributed by atoms with Gasteiger partial charge in [0.2, 0.25) is 0 Å². The predicted octanol–water partition coefficient (Wildman–Crippen LogP) is 2.42. The highest BCUT2D eigenvalue weighted by Gasteiger charge is 2.24. The number of fused-ring (bicyclic) bond motifs is 1. The van der Waals surface area contributed by atoms with Crippen LogP contribution in [0.3, 0.4) is 0 Å². The van der Waals surface area contributed by atoms with Crippen molar-refractivity contribution in [2.45, 2.75) is 13.0 Å². The molecule has 1 aliphatic heterocycles. The fourth-order valence-electron chi connectivity index (χ4n) is 3.11. The highest BCUT2D eigenvalue weighted by atomic mass is 16.5. The number of anilines is 1. The molecule has 1 aliphatic rings. The van der Waals surface area contributed by atoms with E-state index in [9.17, 15) is 4.79 Å². The Labute approximate surface area is 142 Å². The number of nitrogens with zero attached hydrogens (tertiary/aromatic N) is 3. The summed E-state index contributed by atoms with van der Waals surface area (Å²) in [5.74, 6) is 0. The summed E-state index contributed by atoms with van der Waals surface area (Å²) < 4.78 is 5.21. The molecule has 1 aromatic heterocycles. The van der Waals surface area contributed by atoms with Crippen LogP contribution in [0, 0.1) is 0 Å². The van der Waals surface area contributed by atoms with Crippen LogP contribution >= 0.6 is 0 Å². The van der Waals surface area contributed by atoms with E-state index in [1.165, 1.54) is 0 Å². The van der Waals surface area contributed by atoms with E-state index in [0.717, 1.165) is 42.8 Å². The molecule has 1 aromatic carbocycles. The summed E-state index contributed by atoms with van der Waals surface area (Å²) in [6.07, 6.45) is 1.74. The van der Waals surface area contributed by atoms with Crippen LogP contribution in [0.2, 0.25) is 0 Å². The van der Waals surface area contributed by atoms with Crippen molar-refractivity contribution >= 4 is 22.6 Å². The maximum Gasteiger partial charge on any atom is 0.321 e. The number of rotatable bonds is 4. The highest BCUT2D eigenvalue weighted by Crippen LogP contribution is 2.21. The van der Waals surface area contributed by atoms with Crippen LogP contribution in [-0.4, -0.2) is 66.8 Å². The Balaban J connectivity index is 1.62. The van der Waals surface area contributed by atoms with Gasteiger partial charge < -0.3 is 15.0 Å². The summed E-state index contributed by atoms with van der Waals surface area (Å²) >= 11 is 0. The molecular formula is C18H24N4O2. The number of carbonyl (C=O) groups excluding carboxylic acids is 1. The van der Waals surface area contributed by atoms with Crippen LogP contribution in [0.5, 0.6) is 0 Å². The number of piperazine rings is 1. The van der Waals surface area contributed by atoms with Crippen molar-refractivity contribution in [3.63, 3.8) is 0 Å². The topological polar surface area (TPSA) is 57.7 Å². The van der Waals surface area contributed by atoms with Crippen molar-refractivity contribution in [2.75, 3.05) is 45.2 Å². The first-order chi connectivity index (χ1) is 11.7. The third-order valence-electron chi connectivity index (χ3n) is 4.51. The molecular weight excluding hydrogens is 304 g/mol. The number of pyridine rings is 1. The van der Waals surface area contributed by atoms with Crippen molar-refractivity contribution < 1.29 is 9.53 Å². The Hall–Kier alpha value is -2.18. The Morgan fingerprint density at radius 1 is 1.25 bits per heavy atom. The number of hydrogen-bond acceptors (Lipinski definition) is 4. The smallest absolute Gasteiger partial charge is 0.321 e. The number of carbonyl (C=O) groups is 1. The van der Waals surface area contributed by atoms with Crippen molar-refractivity contribution in [1.82, 2.24) is 14.8 Å². The van der Waals surface area contributed by atoms with Gasteiger partial charge in [-0.2, -0.15) is 0 Å². The second kappa shape index (κ2) is 7.59. The van der Waals surface area contributed by atoms with Gasteiger partial charge >= 0.3 is 6.03 Å². The van der Waals surface area contributed by atoms with Crippen molar-refractivity contribution in [3.8, 4) is 0 Å². The van der Waals surface area contributed by atoms with Gasteiger partial charge in [-0.15, -0.1) is 0 Å². The van der Waals surface area contributed by atoms with E-state index >= 15 is 0 Å². The maximum atomic E-state index is 12.6. The van der Waals surface area contributed by atoms with Gasteiger partial charge in [0.05, 0.1) is 17.8 Å². The van der Waals surface area contributed by atoms with Crippen molar-refractivity contribution in [1.29, 1.82) is 0 Å². The number of nitrogens with one attached hydrogen (secondary N) is 1. The Morgan fingerprint density at radius 2 is 2.00 bits per heavy atom. The molecule has 3 rings (SSSR count). The fourth-order valence-corrected chi connectivity index (χ4v) is 3.11. The first-order valence-corrected chi connectivity index (χ1v) is 8.31. The molecule has 0 aliphatic carbocycles. The first-order valence-electron chi connectivity index (χ1n) is 8.31. The molecule has 0 bridgehead atoms. The number of methoxy groups -OCH3 is 1. The van der Waals surface area contributed by atoms with Crippen LogP contribution in [-0.2, 0) is 4.74 Å². The van der Waals surface area contributed by atoms with E-state index in [2.05, 4.69) is 22.1 Å². The number of para-hydroxylation sites is 1. The average Bonchev–Trinajstić information content (AvgIpc) is 2.62. The minimum Gasteiger partial charge on any atom is -0.383 e. The van der Waals surface area contributed by atoms with Gasteiger partial charge in [0.1, 0.15) is 0 Å². The molecule has 0 unspecified atom stereocenters. The molecule has 6 heteroatoms. The largest absolute Gasteiger partial charge is 0.383 e. The van der Waals surface area contributed by atoms with E-state index in [1.807, 2.05) is 35.2 Å². The zero-order valence-electron chi connectivity index (χ0n) is 14.2. The number of urea groups is 1. The normalized spacial score (nSPS) is 17.0.